The first-order valence-electron chi connectivity index (χ1n) is 3.59. The summed E-state index contributed by atoms with van der Waals surface area (Å²) in [7, 11) is 0. The molecule has 0 saturated heterocycles. The lowest BCUT2D eigenvalue weighted by Gasteiger charge is -2.05. The molecule has 3 nitrogen and oxygen atoms in total. The summed E-state index contributed by atoms with van der Waals surface area (Å²) in [6.07, 6.45) is 0.545. The fourth-order valence-electron chi connectivity index (χ4n) is 0.755. The lowest BCUT2D eigenvalue weighted by molar-refractivity contribution is 0.494. The minimum Gasteiger partial charge on any atom is -0.321 e. The van der Waals surface area contributed by atoms with Gasteiger partial charge in [0.05, 0.1) is 6.04 Å². The maximum atomic E-state index is 12.5. The highest BCUT2D eigenvalue weighted by Crippen LogP contribution is 2.08. The predicted molar refractivity (Wildman–Crippen MR) is 39.2 cm³/mol. The van der Waals surface area contributed by atoms with E-state index in [9.17, 15) is 8.78 Å². The van der Waals surface area contributed by atoms with E-state index in [-0.39, 0.29) is 5.82 Å². The van der Waals surface area contributed by atoms with Crippen LogP contribution < -0.4 is 5.73 Å². The molecule has 0 saturated carbocycles. The molecule has 1 heterocycles. The highest BCUT2D eigenvalue weighted by molar-refractivity contribution is 4.97. The standard InChI is InChI=1S/C7H9F2N3/c1-2-4(10)7-11-5(8)3-6(9)12-7/h3-4H,2,10H2,1H3. The molecular formula is C7H9F2N3. The molecule has 0 amide bonds. The third-order valence-corrected chi connectivity index (χ3v) is 1.45. The average molecular weight is 173 g/mol. The van der Waals surface area contributed by atoms with Gasteiger partial charge in [-0.3, -0.25) is 0 Å². The summed E-state index contributed by atoms with van der Waals surface area (Å²) in [5.74, 6) is -1.77. The summed E-state index contributed by atoms with van der Waals surface area (Å²) in [5.41, 5.74) is 5.47. The van der Waals surface area contributed by atoms with Crippen LogP contribution in [0.2, 0.25) is 0 Å². The molecule has 0 fully saturated rings. The summed E-state index contributed by atoms with van der Waals surface area (Å²) < 4.78 is 25.0. The SMILES string of the molecule is CCC(N)c1nc(F)cc(F)n1. The van der Waals surface area contributed by atoms with Crippen molar-refractivity contribution in [2.45, 2.75) is 19.4 Å². The maximum absolute atomic E-state index is 12.5. The van der Waals surface area contributed by atoms with Crippen LogP contribution in [0.25, 0.3) is 0 Å². The number of rotatable bonds is 2. The molecule has 66 valence electrons. The summed E-state index contributed by atoms with van der Waals surface area (Å²) in [4.78, 5) is 6.72. The Balaban J connectivity index is 3.00. The second kappa shape index (κ2) is 3.53. The molecular weight excluding hydrogens is 164 g/mol. The first kappa shape index (κ1) is 8.99. The lowest BCUT2D eigenvalue weighted by Crippen LogP contribution is -2.14. The number of aromatic nitrogens is 2. The first-order valence-corrected chi connectivity index (χ1v) is 3.59. The molecule has 1 aromatic rings. The van der Waals surface area contributed by atoms with Crippen LogP contribution in [0, 0.1) is 11.9 Å². The molecule has 1 rings (SSSR count). The number of hydrogen-bond acceptors (Lipinski definition) is 3. The Labute approximate surface area is 68.6 Å². The molecule has 0 aliphatic heterocycles. The first-order chi connectivity index (χ1) is 5.63. The monoisotopic (exact) mass is 173 g/mol. The smallest absolute Gasteiger partial charge is 0.219 e. The number of hydrogen-bond donors (Lipinski definition) is 1. The average Bonchev–Trinajstić information content (AvgIpc) is 2.01. The van der Waals surface area contributed by atoms with E-state index in [0.717, 1.165) is 0 Å². The van der Waals surface area contributed by atoms with Crippen molar-refractivity contribution in [3.63, 3.8) is 0 Å². The van der Waals surface area contributed by atoms with Gasteiger partial charge < -0.3 is 5.73 Å². The van der Waals surface area contributed by atoms with Gasteiger partial charge in [0.1, 0.15) is 0 Å². The van der Waals surface area contributed by atoms with Gasteiger partial charge in [-0.2, -0.15) is 8.78 Å². The quantitative estimate of drug-likeness (QED) is 0.683. The Kier molecular flexibility index (Phi) is 2.65. The molecule has 5 heteroatoms. The normalized spacial score (nSPS) is 13.0. The van der Waals surface area contributed by atoms with Crippen LogP contribution in [0.5, 0.6) is 0 Å². The van der Waals surface area contributed by atoms with E-state index in [4.69, 9.17) is 5.73 Å². The summed E-state index contributed by atoms with van der Waals surface area (Å²) in [6.45, 7) is 1.79. The zero-order valence-electron chi connectivity index (χ0n) is 6.59. The molecule has 0 aliphatic rings. The van der Waals surface area contributed by atoms with Gasteiger partial charge in [0, 0.05) is 6.07 Å². The van der Waals surface area contributed by atoms with Gasteiger partial charge in [0.25, 0.3) is 0 Å². The van der Waals surface area contributed by atoms with E-state index >= 15 is 0 Å². The van der Waals surface area contributed by atoms with E-state index in [0.29, 0.717) is 12.5 Å². The van der Waals surface area contributed by atoms with Gasteiger partial charge in [-0.25, -0.2) is 9.97 Å². The van der Waals surface area contributed by atoms with Crippen LogP contribution in [0.1, 0.15) is 25.2 Å². The number of nitrogens with two attached hydrogens (primary N) is 1. The summed E-state index contributed by atoms with van der Waals surface area (Å²) in [6, 6.07) is 0.113. The van der Waals surface area contributed by atoms with Crippen LogP contribution in [0.4, 0.5) is 8.78 Å². The highest BCUT2D eigenvalue weighted by atomic mass is 19.1. The zero-order chi connectivity index (χ0) is 9.14. The van der Waals surface area contributed by atoms with E-state index in [1.807, 2.05) is 0 Å². The number of nitrogens with zero attached hydrogens (tertiary/aromatic N) is 2. The Morgan fingerprint density at radius 1 is 1.42 bits per heavy atom. The van der Waals surface area contributed by atoms with Crippen LogP contribution in [0.15, 0.2) is 6.07 Å². The van der Waals surface area contributed by atoms with Gasteiger partial charge in [-0.05, 0) is 6.42 Å². The van der Waals surface area contributed by atoms with Crippen molar-refractivity contribution in [1.82, 2.24) is 9.97 Å². The summed E-state index contributed by atoms with van der Waals surface area (Å²) in [5, 5.41) is 0. The highest BCUT2D eigenvalue weighted by Gasteiger charge is 2.09. The molecule has 0 bridgehead atoms. The number of halogens is 2. The topological polar surface area (TPSA) is 51.8 Å². The molecule has 1 aromatic heterocycles. The second-order valence-electron chi connectivity index (χ2n) is 2.39. The van der Waals surface area contributed by atoms with Gasteiger partial charge in [0.15, 0.2) is 5.82 Å². The third kappa shape index (κ3) is 1.94. The minimum absolute atomic E-state index is 0.00926. The Bertz CT molecular complexity index is 257. The molecule has 0 radical (unpaired) electrons. The van der Waals surface area contributed by atoms with Gasteiger partial charge in [-0.1, -0.05) is 6.92 Å². The lowest BCUT2D eigenvalue weighted by atomic mass is 10.2. The molecule has 0 aromatic carbocycles. The molecule has 1 atom stereocenters. The van der Waals surface area contributed by atoms with Crippen molar-refractivity contribution in [3.05, 3.63) is 23.8 Å². The van der Waals surface area contributed by atoms with E-state index in [1.54, 1.807) is 6.92 Å². The molecule has 12 heavy (non-hydrogen) atoms. The second-order valence-corrected chi connectivity index (χ2v) is 2.39. The van der Waals surface area contributed by atoms with Gasteiger partial charge >= 0.3 is 0 Å². The molecule has 0 spiro atoms. The van der Waals surface area contributed by atoms with E-state index in [1.165, 1.54) is 0 Å². The fourth-order valence-corrected chi connectivity index (χ4v) is 0.755. The van der Waals surface area contributed by atoms with Crippen LogP contribution in [-0.4, -0.2) is 9.97 Å². The molecule has 1 unspecified atom stereocenters. The predicted octanol–water partition coefficient (Wildman–Crippen LogP) is 1.16. The summed E-state index contributed by atoms with van der Waals surface area (Å²) >= 11 is 0. The van der Waals surface area contributed by atoms with Crippen molar-refractivity contribution in [1.29, 1.82) is 0 Å². The Morgan fingerprint density at radius 2 is 1.92 bits per heavy atom. The van der Waals surface area contributed by atoms with Crippen molar-refractivity contribution in [3.8, 4) is 0 Å². The van der Waals surface area contributed by atoms with Crippen molar-refractivity contribution in [2.24, 2.45) is 5.73 Å². The van der Waals surface area contributed by atoms with Crippen molar-refractivity contribution < 1.29 is 8.78 Å². The van der Waals surface area contributed by atoms with Gasteiger partial charge in [-0.15, -0.1) is 0 Å². The van der Waals surface area contributed by atoms with E-state index < -0.39 is 17.9 Å². The van der Waals surface area contributed by atoms with E-state index in [2.05, 4.69) is 9.97 Å². The van der Waals surface area contributed by atoms with Crippen LogP contribution in [0.3, 0.4) is 0 Å². The van der Waals surface area contributed by atoms with Crippen molar-refractivity contribution >= 4 is 0 Å². The fraction of sp³-hybridized carbons (Fsp3) is 0.429. The minimum atomic E-state index is -0.888. The molecule has 2 N–H and O–H groups in total. The Hall–Kier alpha value is -1.10. The molecule has 0 aliphatic carbocycles. The third-order valence-electron chi connectivity index (χ3n) is 1.45. The Morgan fingerprint density at radius 3 is 2.33 bits per heavy atom. The van der Waals surface area contributed by atoms with Crippen LogP contribution in [-0.2, 0) is 0 Å². The van der Waals surface area contributed by atoms with Crippen LogP contribution >= 0.6 is 0 Å². The van der Waals surface area contributed by atoms with Crippen molar-refractivity contribution in [2.75, 3.05) is 0 Å². The maximum Gasteiger partial charge on any atom is 0.219 e. The van der Waals surface area contributed by atoms with Gasteiger partial charge in [0.2, 0.25) is 11.9 Å². The zero-order valence-corrected chi connectivity index (χ0v) is 6.59. The largest absolute Gasteiger partial charge is 0.321 e.